The number of anilines is 2. The number of hydrogen-bond acceptors (Lipinski definition) is 5. The molecule has 2 aromatic carbocycles. The number of carbonyl (C=O) groups excluding carboxylic acids is 2. The van der Waals surface area contributed by atoms with Crippen molar-refractivity contribution in [2.24, 2.45) is 5.10 Å². The Morgan fingerprint density at radius 2 is 1.80 bits per heavy atom. The van der Waals surface area contributed by atoms with E-state index in [9.17, 15) is 9.59 Å². The Balaban J connectivity index is 1.88. The maximum absolute atomic E-state index is 12.0. The number of hydrazone groups is 1. The maximum atomic E-state index is 12.0. The Kier molecular flexibility index (Phi) is 6.11. The van der Waals surface area contributed by atoms with Crippen LogP contribution in [0.3, 0.4) is 0 Å². The van der Waals surface area contributed by atoms with Gasteiger partial charge in [0.05, 0.1) is 19.1 Å². The molecule has 0 fully saturated rings. The molecule has 0 radical (unpaired) electrons. The van der Waals surface area contributed by atoms with E-state index in [4.69, 9.17) is 10.5 Å². The highest BCUT2D eigenvalue weighted by Gasteiger charge is 2.09. The van der Waals surface area contributed by atoms with Gasteiger partial charge in [0.2, 0.25) is 5.91 Å². The summed E-state index contributed by atoms with van der Waals surface area (Å²) >= 11 is 0. The minimum absolute atomic E-state index is 0.0522. The van der Waals surface area contributed by atoms with Crippen molar-refractivity contribution >= 4 is 28.9 Å². The van der Waals surface area contributed by atoms with Crippen molar-refractivity contribution in [3.8, 4) is 5.75 Å². The smallest absolute Gasteiger partial charge is 0.273 e. The summed E-state index contributed by atoms with van der Waals surface area (Å²) in [6, 6.07) is 13.7. The van der Waals surface area contributed by atoms with Gasteiger partial charge in [-0.05, 0) is 43.3 Å². The molecule has 0 spiro atoms. The van der Waals surface area contributed by atoms with Gasteiger partial charge in [-0.2, -0.15) is 5.10 Å². The van der Waals surface area contributed by atoms with Crippen LogP contribution in [0.2, 0.25) is 0 Å². The molecule has 0 saturated heterocycles. The first-order valence-corrected chi connectivity index (χ1v) is 7.61. The van der Waals surface area contributed by atoms with Crippen LogP contribution < -0.4 is 21.2 Å². The summed E-state index contributed by atoms with van der Waals surface area (Å²) in [6.07, 6.45) is 0.0522. The molecule has 0 aliphatic rings. The lowest BCUT2D eigenvalue weighted by Crippen LogP contribution is -2.22. The molecule has 25 heavy (non-hydrogen) atoms. The first kappa shape index (κ1) is 18.0. The third-order valence-electron chi connectivity index (χ3n) is 3.34. The van der Waals surface area contributed by atoms with E-state index in [0.29, 0.717) is 28.4 Å². The summed E-state index contributed by atoms with van der Waals surface area (Å²) < 4.78 is 5.06. The molecular formula is C18H20N4O3. The zero-order valence-electron chi connectivity index (χ0n) is 14.1. The molecule has 7 heteroatoms. The second-order valence-electron chi connectivity index (χ2n) is 5.33. The number of amides is 2. The predicted octanol–water partition coefficient (Wildman–Crippen LogP) is 2.41. The standard InChI is InChI=1S/C18H20N4O3/c1-12(21-22-18(24)15-5-3-4-6-16(15)19)11-17(23)20-13-7-9-14(25-2)10-8-13/h3-10H,11,19H2,1-2H3,(H,20,23)(H,22,24)/b21-12-. The van der Waals surface area contributed by atoms with Gasteiger partial charge in [0.15, 0.2) is 0 Å². The number of para-hydroxylation sites is 1. The van der Waals surface area contributed by atoms with Crippen LogP contribution in [0.25, 0.3) is 0 Å². The average molecular weight is 340 g/mol. The number of nitrogens with zero attached hydrogens (tertiary/aromatic N) is 1. The topological polar surface area (TPSA) is 106 Å². The number of carbonyl (C=O) groups is 2. The average Bonchev–Trinajstić information content (AvgIpc) is 2.60. The molecule has 0 bridgehead atoms. The number of ether oxygens (including phenoxy) is 1. The summed E-state index contributed by atoms with van der Waals surface area (Å²) in [4.78, 5) is 24.0. The van der Waals surface area contributed by atoms with Gasteiger partial charge in [0, 0.05) is 17.1 Å². The van der Waals surface area contributed by atoms with Crippen LogP contribution in [0.4, 0.5) is 11.4 Å². The zero-order valence-corrected chi connectivity index (χ0v) is 14.1. The molecule has 7 nitrogen and oxygen atoms in total. The monoisotopic (exact) mass is 340 g/mol. The summed E-state index contributed by atoms with van der Waals surface area (Å²) in [5.41, 5.74) is 9.95. The summed E-state index contributed by atoms with van der Waals surface area (Å²) in [5.74, 6) is 0.0477. The molecule has 2 aromatic rings. The Morgan fingerprint density at radius 1 is 1.12 bits per heavy atom. The van der Waals surface area contributed by atoms with Crippen molar-refractivity contribution in [1.29, 1.82) is 0 Å². The van der Waals surface area contributed by atoms with E-state index in [0.717, 1.165) is 0 Å². The molecule has 0 heterocycles. The van der Waals surface area contributed by atoms with Crippen LogP contribution in [0.5, 0.6) is 5.75 Å². The Bertz CT molecular complexity index is 785. The lowest BCUT2D eigenvalue weighted by Gasteiger charge is -2.07. The quantitative estimate of drug-likeness (QED) is 0.426. The first-order valence-electron chi connectivity index (χ1n) is 7.61. The molecule has 4 N–H and O–H groups in total. The third-order valence-corrected chi connectivity index (χ3v) is 3.34. The van der Waals surface area contributed by atoms with Crippen molar-refractivity contribution in [3.05, 3.63) is 54.1 Å². The van der Waals surface area contributed by atoms with Crippen LogP contribution in [0.1, 0.15) is 23.7 Å². The molecule has 2 rings (SSSR count). The number of nitrogen functional groups attached to an aromatic ring is 1. The van der Waals surface area contributed by atoms with E-state index in [2.05, 4.69) is 15.8 Å². The van der Waals surface area contributed by atoms with E-state index in [1.165, 1.54) is 0 Å². The third kappa shape index (κ3) is 5.35. The first-order chi connectivity index (χ1) is 12.0. The van der Waals surface area contributed by atoms with Crippen LogP contribution in [0, 0.1) is 0 Å². The van der Waals surface area contributed by atoms with Gasteiger partial charge in [-0.25, -0.2) is 5.43 Å². The van der Waals surface area contributed by atoms with Gasteiger partial charge in [-0.3, -0.25) is 9.59 Å². The van der Waals surface area contributed by atoms with Crippen LogP contribution in [0.15, 0.2) is 53.6 Å². The SMILES string of the molecule is COc1ccc(NC(=O)C/C(C)=N\NC(=O)c2ccccc2N)cc1. The van der Waals surface area contributed by atoms with Gasteiger partial charge in [-0.15, -0.1) is 0 Å². The van der Waals surface area contributed by atoms with Crippen molar-refractivity contribution in [2.75, 3.05) is 18.2 Å². The number of nitrogens with two attached hydrogens (primary N) is 1. The molecule has 0 atom stereocenters. The molecule has 0 aliphatic heterocycles. The zero-order chi connectivity index (χ0) is 18.2. The second kappa shape index (κ2) is 8.49. The molecular weight excluding hydrogens is 320 g/mol. The molecule has 2 amide bonds. The van der Waals surface area contributed by atoms with E-state index in [1.807, 2.05) is 0 Å². The fourth-order valence-electron chi connectivity index (χ4n) is 2.06. The minimum atomic E-state index is -0.423. The lowest BCUT2D eigenvalue weighted by atomic mass is 10.2. The largest absolute Gasteiger partial charge is 0.497 e. The van der Waals surface area contributed by atoms with Gasteiger partial charge in [0.1, 0.15) is 5.75 Å². The summed E-state index contributed by atoms with van der Waals surface area (Å²) in [5, 5.41) is 6.68. The van der Waals surface area contributed by atoms with Gasteiger partial charge >= 0.3 is 0 Å². The number of methoxy groups -OCH3 is 1. The number of benzene rings is 2. The minimum Gasteiger partial charge on any atom is -0.497 e. The van der Waals surface area contributed by atoms with Gasteiger partial charge < -0.3 is 15.8 Å². The Hall–Kier alpha value is -3.35. The molecule has 130 valence electrons. The maximum Gasteiger partial charge on any atom is 0.273 e. The van der Waals surface area contributed by atoms with E-state index in [1.54, 1.807) is 62.6 Å². The predicted molar refractivity (Wildman–Crippen MR) is 97.7 cm³/mol. The van der Waals surface area contributed by atoms with Gasteiger partial charge in [0.25, 0.3) is 5.91 Å². The highest BCUT2D eigenvalue weighted by atomic mass is 16.5. The summed E-state index contributed by atoms with van der Waals surface area (Å²) in [6.45, 7) is 1.65. The van der Waals surface area contributed by atoms with E-state index < -0.39 is 5.91 Å². The highest BCUT2D eigenvalue weighted by Crippen LogP contribution is 2.15. The van der Waals surface area contributed by atoms with Gasteiger partial charge in [-0.1, -0.05) is 12.1 Å². The van der Waals surface area contributed by atoms with Crippen molar-refractivity contribution in [2.45, 2.75) is 13.3 Å². The Labute approximate surface area is 145 Å². The number of rotatable bonds is 6. The van der Waals surface area contributed by atoms with Crippen molar-refractivity contribution in [3.63, 3.8) is 0 Å². The summed E-state index contributed by atoms with van der Waals surface area (Å²) in [7, 11) is 1.57. The van der Waals surface area contributed by atoms with E-state index >= 15 is 0 Å². The second-order valence-corrected chi connectivity index (χ2v) is 5.33. The highest BCUT2D eigenvalue weighted by molar-refractivity contribution is 6.06. The normalized spacial score (nSPS) is 10.9. The number of hydrogen-bond donors (Lipinski definition) is 3. The molecule has 0 unspecified atom stereocenters. The van der Waals surface area contributed by atoms with Crippen LogP contribution in [-0.4, -0.2) is 24.6 Å². The fraction of sp³-hybridized carbons (Fsp3) is 0.167. The molecule has 0 aliphatic carbocycles. The number of nitrogens with one attached hydrogen (secondary N) is 2. The lowest BCUT2D eigenvalue weighted by molar-refractivity contribution is -0.115. The molecule has 0 saturated carbocycles. The fourth-order valence-corrected chi connectivity index (χ4v) is 2.06. The van der Waals surface area contributed by atoms with Crippen LogP contribution >= 0.6 is 0 Å². The van der Waals surface area contributed by atoms with E-state index in [-0.39, 0.29) is 12.3 Å². The molecule has 0 aromatic heterocycles. The van der Waals surface area contributed by atoms with Crippen molar-refractivity contribution < 1.29 is 14.3 Å². The van der Waals surface area contributed by atoms with Crippen molar-refractivity contribution in [1.82, 2.24) is 5.43 Å². The Morgan fingerprint density at radius 3 is 2.44 bits per heavy atom. The van der Waals surface area contributed by atoms with Crippen LogP contribution in [-0.2, 0) is 4.79 Å².